The Kier molecular flexibility index (Phi) is 7.71. The smallest absolute Gasteiger partial charge is 0.255 e. The summed E-state index contributed by atoms with van der Waals surface area (Å²) in [5.74, 6) is -0.453. The number of halogens is 1. The quantitative estimate of drug-likeness (QED) is 0.211. The fourth-order valence-corrected chi connectivity index (χ4v) is 5.67. The molecular weight excluding hydrogens is 527 g/mol. The second-order valence-electron chi connectivity index (χ2n) is 9.64. The van der Waals surface area contributed by atoms with Crippen LogP contribution in [0.4, 0.5) is 10.1 Å². The number of sulfone groups is 1. The van der Waals surface area contributed by atoms with Crippen LogP contribution in [0.2, 0.25) is 0 Å². The monoisotopic (exact) mass is 556 g/mol. The summed E-state index contributed by atoms with van der Waals surface area (Å²) in [6.07, 6.45) is 2.15. The lowest BCUT2D eigenvalue weighted by atomic mass is 9.98. The maximum Gasteiger partial charge on any atom is 0.255 e. The number of anilines is 1. The number of rotatable bonds is 9. The van der Waals surface area contributed by atoms with Gasteiger partial charge in [0.2, 0.25) is 0 Å². The largest absolute Gasteiger partial charge is 0.455 e. The predicted octanol–water partition coefficient (Wildman–Crippen LogP) is 6.68. The maximum absolute atomic E-state index is 13.6. The lowest BCUT2D eigenvalue weighted by Crippen LogP contribution is -2.29. The van der Waals surface area contributed by atoms with E-state index in [-0.39, 0.29) is 5.91 Å². The number of hydrogen-bond donors (Lipinski definition) is 2. The van der Waals surface area contributed by atoms with Gasteiger partial charge in [-0.05, 0) is 54.3 Å². The molecule has 1 atom stereocenters. The third kappa shape index (κ3) is 5.77. The molecule has 0 aliphatic carbocycles. The van der Waals surface area contributed by atoms with Crippen molar-refractivity contribution < 1.29 is 22.0 Å². The van der Waals surface area contributed by atoms with Gasteiger partial charge in [0.1, 0.15) is 22.5 Å². The average Bonchev–Trinajstić information content (AvgIpc) is 3.33. The van der Waals surface area contributed by atoms with E-state index in [0.29, 0.717) is 46.4 Å². The Morgan fingerprint density at radius 1 is 0.900 bits per heavy atom. The van der Waals surface area contributed by atoms with E-state index < -0.39 is 21.0 Å². The molecule has 0 fully saturated rings. The van der Waals surface area contributed by atoms with Crippen LogP contribution >= 0.6 is 0 Å². The Morgan fingerprint density at radius 2 is 1.55 bits per heavy atom. The molecule has 1 aromatic heterocycles. The van der Waals surface area contributed by atoms with Gasteiger partial charge < -0.3 is 15.1 Å². The minimum Gasteiger partial charge on any atom is -0.455 e. The molecule has 40 heavy (non-hydrogen) atoms. The zero-order chi connectivity index (χ0) is 28.3. The van der Waals surface area contributed by atoms with E-state index in [2.05, 4.69) is 10.6 Å². The molecule has 0 bridgehead atoms. The van der Waals surface area contributed by atoms with Gasteiger partial charge in [0, 0.05) is 41.6 Å². The van der Waals surface area contributed by atoms with Gasteiger partial charge in [0.15, 0.2) is 9.84 Å². The fourth-order valence-electron chi connectivity index (χ4n) is 4.78. The zero-order valence-electron chi connectivity index (χ0n) is 22.1. The number of fused-ring (bicyclic) bond motifs is 1. The molecule has 0 aliphatic rings. The minimum atomic E-state index is -3.49. The molecule has 0 saturated carbocycles. The summed E-state index contributed by atoms with van der Waals surface area (Å²) in [5, 5.41) is 5.64. The number of furan rings is 1. The molecule has 6 nitrogen and oxygen atoms in total. The summed E-state index contributed by atoms with van der Waals surface area (Å²) < 4.78 is 45.6. The van der Waals surface area contributed by atoms with E-state index in [4.69, 9.17) is 4.42 Å². The van der Waals surface area contributed by atoms with Crippen molar-refractivity contribution in [1.82, 2.24) is 5.32 Å². The van der Waals surface area contributed by atoms with Crippen molar-refractivity contribution in [1.29, 1.82) is 0 Å². The minimum absolute atomic E-state index is 0.300. The van der Waals surface area contributed by atoms with E-state index in [1.807, 2.05) is 66.7 Å². The van der Waals surface area contributed by atoms with Gasteiger partial charge in [-0.25, -0.2) is 12.8 Å². The first kappa shape index (κ1) is 27.1. The Labute approximate surface area is 232 Å². The first-order chi connectivity index (χ1) is 19.2. The summed E-state index contributed by atoms with van der Waals surface area (Å²) in [5.41, 5.74) is 4.43. The molecule has 1 amide bonds. The van der Waals surface area contributed by atoms with Crippen LogP contribution in [-0.2, 0) is 16.3 Å². The summed E-state index contributed by atoms with van der Waals surface area (Å²) in [6.45, 7) is 0. The highest BCUT2D eigenvalue weighted by Crippen LogP contribution is 2.40. The fraction of sp³-hybridized carbons (Fsp3) is 0.156. The molecule has 1 unspecified atom stereocenters. The molecule has 1 heterocycles. The van der Waals surface area contributed by atoms with Crippen LogP contribution in [0, 0.1) is 5.82 Å². The van der Waals surface area contributed by atoms with E-state index >= 15 is 0 Å². The lowest BCUT2D eigenvalue weighted by molar-refractivity contribution is 0.0964. The number of carbonyl (C=O) groups excluding carboxylic acids is 1. The van der Waals surface area contributed by atoms with Gasteiger partial charge in [-0.2, -0.15) is 0 Å². The van der Waals surface area contributed by atoms with Crippen molar-refractivity contribution in [3.63, 3.8) is 0 Å². The van der Waals surface area contributed by atoms with Crippen molar-refractivity contribution >= 4 is 32.4 Å². The second kappa shape index (κ2) is 11.4. The first-order valence-electron chi connectivity index (χ1n) is 12.9. The number of amides is 1. The Morgan fingerprint density at radius 3 is 2.17 bits per heavy atom. The molecule has 2 N–H and O–H groups in total. The molecule has 8 heteroatoms. The van der Waals surface area contributed by atoms with Gasteiger partial charge >= 0.3 is 0 Å². The molecular formula is C32H29FN2O4S. The lowest BCUT2D eigenvalue weighted by Gasteiger charge is -2.21. The van der Waals surface area contributed by atoms with Gasteiger partial charge in [-0.1, -0.05) is 60.7 Å². The number of benzene rings is 4. The highest BCUT2D eigenvalue weighted by Gasteiger charge is 2.26. The van der Waals surface area contributed by atoms with E-state index in [0.717, 1.165) is 16.7 Å². The second-order valence-corrected chi connectivity index (χ2v) is 11.9. The van der Waals surface area contributed by atoms with Crippen LogP contribution in [0.15, 0.2) is 101 Å². The highest BCUT2D eigenvalue weighted by molar-refractivity contribution is 7.91. The van der Waals surface area contributed by atoms with Crippen molar-refractivity contribution in [3.8, 4) is 22.5 Å². The van der Waals surface area contributed by atoms with Crippen LogP contribution in [0.1, 0.15) is 22.3 Å². The Balaban J connectivity index is 1.66. The van der Waals surface area contributed by atoms with Crippen molar-refractivity contribution in [2.24, 2.45) is 0 Å². The molecule has 0 saturated heterocycles. The van der Waals surface area contributed by atoms with Gasteiger partial charge in [0.05, 0.1) is 5.56 Å². The predicted molar refractivity (Wildman–Crippen MR) is 157 cm³/mol. The Hall–Kier alpha value is -4.43. The normalized spacial score (nSPS) is 12.3. The van der Waals surface area contributed by atoms with Gasteiger partial charge in [-0.3, -0.25) is 4.79 Å². The van der Waals surface area contributed by atoms with E-state index in [9.17, 15) is 17.6 Å². The number of aryl methyl sites for hydroxylation is 1. The number of hydrogen-bond acceptors (Lipinski definition) is 5. The maximum atomic E-state index is 13.6. The number of carbonyl (C=O) groups is 1. The third-order valence-corrected chi connectivity index (χ3v) is 8.23. The standard InChI is InChI=1S/C32H29FN2O4S/c1-34-32(36)30-26-19-25(22-11-7-4-8-12-22)27(20-28(26)39-31(30)23-14-16-24(33)17-15-23)35-29(40(2,37)38)18-13-21-9-5-3-6-10-21/h3-12,14-17,19-20,29,35H,13,18H2,1-2H3,(H,34,36). The molecule has 4 aromatic carbocycles. The van der Waals surface area contributed by atoms with Gasteiger partial charge in [0.25, 0.3) is 5.91 Å². The van der Waals surface area contributed by atoms with Crippen LogP contribution in [0.3, 0.4) is 0 Å². The van der Waals surface area contributed by atoms with Crippen LogP contribution < -0.4 is 10.6 Å². The Bertz CT molecular complexity index is 1750. The van der Waals surface area contributed by atoms with Crippen molar-refractivity contribution in [2.45, 2.75) is 18.2 Å². The van der Waals surface area contributed by atoms with E-state index in [1.54, 1.807) is 18.2 Å². The topological polar surface area (TPSA) is 88.4 Å². The number of nitrogens with one attached hydrogen (secondary N) is 2. The molecule has 0 aliphatic heterocycles. The first-order valence-corrected chi connectivity index (χ1v) is 14.8. The third-order valence-electron chi connectivity index (χ3n) is 6.84. The highest BCUT2D eigenvalue weighted by atomic mass is 32.2. The molecule has 0 spiro atoms. The van der Waals surface area contributed by atoms with Crippen LogP contribution in [-0.4, -0.2) is 33.0 Å². The van der Waals surface area contributed by atoms with Crippen LogP contribution in [0.5, 0.6) is 0 Å². The average molecular weight is 557 g/mol. The summed E-state index contributed by atoms with van der Waals surface area (Å²) in [6, 6.07) is 28.6. The zero-order valence-corrected chi connectivity index (χ0v) is 23.0. The van der Waals surface area contributed by atoms with E-state index in [1.165, 1.54) is 25.4 Å². The molecule has 204 valence electrons. The molecule has 0 radical (unpaired) electrons. The SMILES string of the molecule is CNC(=O)c1c(-c2ccc(F)cc2)oc2cc(NC(CCc3ccccc3)S(C)(=O)=O)c(-c3ccccc3)cc12. The van der Waals surface area contributed by atoms with Crippen molar-refractivity contribution in [3.05, 3.63) is 114 Å². The molecule has 5 rings (SSSR count). The summed E-state index contributed by atoms with van der Waals surface area (Å²) in [4.78, 5) is 13.1. The molecule has 5 aromatic rings. The van der Waals surface area contributed by atoms with Crippen molar-refractivity contribution in [2.75, 3.05) is 18.6 Å². The summed E-state index contributed by atoms with van der Waals surface area (Å²) >= 11 is 0. The summed E-state index contributed by atoms with van der Waals surface area (Å²) in [7, 11) is -1.96. The van der Waals surface area contributed by atoms with Gasteiger partial charge in [-0.15, -0.1) is 0 Å². The van der Waals surface area contributed by atoms with Crippen LogP contribution in [0.25, 0.3) is 33.4 Å².